The van der Waals surface area contributed by atoms with E-state index in [1.807, 2.05) is 18.2 Å². The summed E-state index contributed by atoms with van der Waals surface area (Å²) < 4.78 is 1.65. The molecule has 3 rings (SSSR count). The van der Waals surface area contributed by atoms with Crippen LogP contribution in [-0.4, -0.2) is 14.5 Å². The summed E-state index contributed by atoms with van der Waals surface area (Å²) in [6.07, 6.45) is 6.79. The van der Waals surface area contributed by atoms with Crippen LogP contribution in [0.25, 0.3) is 16.9 Å². The highest BCUT2D eigenvalue weighted by molar-refractivity contribution is 5.61. The van der Waals surface area contributed by atoms with Gasteiger partial charge in [0.15, 0.2) is 0 Å². The van der Waals surface area contributed by atoms with E-state index in [1.54, 1.807) is 53.6 Å². The van der Waals surface area contributed by atoms with Crippen LogP contribution in [0.4, 0.5) is 0 Å². The van der Waals surface area contributed by atoms with Gasteiger partial charge in [-0.25, -0.2) is 0 Å². The van der Waals surface area contributed by atoms with Crippen LogP contribution in [-0.2, 0) is 0 Å². The van der Waals surface area contributed by atoms with Gasteiger partial charge < -0.3 is 0 Å². The minimum Gasteiger partial charge on any atom is -0.277 e. The van der Waals surface area contributed by atoms with Crippen LogP contribution in [0.3, 0.4) is 0 Å². The van der Waals surface area contributed by atoms with Crippen molar-refractivity contribution < 1.29 is 0 Å². The zero-order valence-electron chi connectivity index (χ0n) is 10.1. The Morgan fingerprint density at radius 3 is 2.42 bits per heavy atom. The van der Waals surface area contributed by atoms with Crippen molar-refractivity contribution in [2.45, 2.75) is 0 Å². The number of hydrogen-bond acceptors (Lipinski definition) is 3. The lowest BCUT2D eigenvalue weighted by Crippen LogP contribution is -2.18. The number of rotatable bonds is 2. The Labute approximate surface area is 110 Å². The van der Waals surface area contributed by atoms with Crippen LogP contribution in [0, 0.1) is 0 Å². The molecule has 0 radical (unpaired) electrons. The second-order valence-electron chi connectivity index (χ2n) is 4.03. The first-order chi connectivity index (χ1) is 9.36. The Hall–Kier alpha value is -2.75. The molecule has 0 aromatic carbocycles. The van der Waals surface area contributed by atoms with Gasteiger partial charge in [0.1, 0.15) is 0 Å². The lowest BCUT2D eigenvalue weighted by atomic mass is 10.1. The van der Waals surface area contributed by atoms with Gasteiger partial charge in [0.05, 0.1) is 11.4 Å². The fourth-order valence-electron chi connectivity index (χ4n) is 1.99. The second kappa shape index (κ2) is 4.86. The molecule has 92 valence electrons. The predicted octanol–water partition coefficient (Wildman–Crippen LogP) is 2.29. The maximum Gasteiger partial charge on any atom is 0.255 e. The fraction of sp³-hybridized carbons (Fsp3) is 0. The molecule has 0 atom stereocenters. The van der Waals surface area contributed by atoms with E-state index < -0.39 is 0 Å². The third-order valence-corrected chi connectivity index (χ3v) is 2.83. The monoisotopic (exact) mass is 249 g/mol. The highest BCUT2D eigenvalue weighted by atomic mass is 16.1. The highest BCUT2D eigenvalue weighted by Gasteiger charge is 2.07. The Morgan fingerprint density at radius 2 is 1.68 bits per heavy atom. The first-order valence-corrected chi connectivity index (χ1v) is 5.89. The highest BCUT2D eigenvalue weighted by Crippen LogP contribution is 2.19. The molecule has 3 aromatic rings. The first-order valence-electron chi connectivity index (χ1n) is 5.89. The summed E-state index contributed by atoms with van der Waals surface area (Å²) in [4.78, 5) is 20.2. The molecule has 4 nitrogen and oxygen atoms in total. The fourth-order valence-corrected chi connectivity index (χ4v) is 1.99. The third-order valence-electron chi connectivity index (χ3n) is 2.83. The molecule has 0 aliphatic carbocycles. The molecular formula is C15H11N3O. The predicted molar refractivity (Wildman–Crippen MR) is 73.1 cm³/mol. The van der Waals surface area contributed by atoms with Gasteiger partial charge in [0, 0.05) is 36.4 Å². The molecule has 19 heavy (non-hydrogen) atoms. The van der Waals surface area contributed by atoms with Gasteiger partial charge in [0.2, 0.25) is 0 Å². The van der Waals surface area contributed by atoms with E-state index in [4.69, 9.17) is 0 Å². The quantitative estimate of drug-likeness (QED) is 0.700. The minimum atomic E-state index is -0.0763. The number of aromatic nitrogens is 3. The summed E-state index contributed by atoms with van der Waals surface area (Å²) in [5, 5.41) is 0. The maximum atomic E-state index is 12.1. The summed E-state index contributed by atoms with van der Waals surface area (Å²) in [5.74, 6) is 0. The minimum absolute atomic E-state index is 0.0763. The van der Waals surface area contributed by atoms with Gasteiger partial charge >= 0.3 is 0 Å². The van der Waals surface area contributed by atoms with Crippen molar-refractivity contribution in [1.29, 1.82) is 0 Å². The molecule has 0 saturated heterocycles. The molecule has 0 unspecified atom stereocenters. The number of pyridine rings is 3. The first kappa shape index (κ1) is 11.3. The molecule has 0 aliphatic heterocycles. The largest absolute Gasteiger partial charge is 0.277 e. The van der Waals surface area contributed by atoms with Gasteiger partial charge in [-0.1, -0.05) is 6.07 Å². The molecule has 0 fully saturated rings. The van der Waals surface area contributed by atoms with E-state index >= 15 is 0 Å². The zero-order valence-corrected chi connectivity index (χ0v) is 10.1. The van der Waals surface area contributed by atoms with E-state index in [1.165, 1.54) is 0 Å². The standard InChI is InChI=1S/C15H11N3O/c19-15-5-1-4-14(12-3-2-8-17-11-12)18(15)13-6-9-16-10-7-13/h1-11H. The number of nitrogens with zero attached hydrogens (tertiary/aromatic N) is 3. The molecule has 0 aliphatic rings. The van der Waals surface area contributed by atoms with Crippen molar-refractivity contribution in [3.63, 3.8) is 0 Å². The molecule has 4 heteroatoms. The van der Waals surface area contributed by atoms with Crippen LogP contribution in [0.2, 0.25) is 0 Å². The average molecular weight is 249 g/mol. The summed E-state index contributed by atoms with van der Waals surface area (Å²) in [7, 11) is 0. The van der Waals surface area contributed by atoms with Crippen LogP contribution in [0.1, 0.15) is 0 Å². The molecule has 0 N–H and O–H groups in total. The third kappa shape index (κ3) is 2.15. The lowest BCUT2D eigenvalue weighted by Gasteiger charge is -2.12. The molecule has 3 aromatic heterocycles. The smallest absolute Gasteiger partial charge is 0.255 e. The molecule has 0 spiro atoms. The maximum absolute atomic E-state index is 12.1. The van der Waals surface area contributed by atoms with E-state index in [-0.39, 0.29) is 5.56 Å². The molecule has 0 saturated carbocycles. The Kier molecular flexibility index (Phi) is 2.90. The van der Waals surface area contributed by atoms with Crippen molar-refractivity contribution >= 4 is 0 Å². The average Bonchev–Trinajstić information content (AvgIpc) is 2.49. The van der Waals surface area contributed by atoms with Gasteiger partial charge in [-0.05, 0) is 30.3 Å². The summed E-state index contributed by atoms with van der Waals surface area (Å²) in [6, 6.07) is 12.6. The SMILES string of the molecule is O=c1cccc(-c2cccnc2)n1-c1ccncc1. The van der Waals surface area contributed by atoms with Gasteiger partial charge in [-0.15, -0.1) is 0 Å². The summed E-state index contributed by atoms with van der Waals surface area (Å²) >= 11 is 0. The Bertz CT molecular complexity index is 736. The van der Waals surface area contributed by atoms with E-state index in [0.29, 0.717) is 0 Å². The normalized spacial score (nSPS) is 10.3. The topological polar surface area (TPSA) is 47.8 Å². The van der Waals surface area contributed by atoms with Crippen LogP contribution < -0.4 is 5.56 Å². The summed E-state index contributed by atoms with van der Waals surface area (Å²) in [6.45, 7) is 0. The summed E-state index contributed by atoms with van der Waals surface area (Å²) in [5.41, 5.74) is 2.43. The van der Waals surface area contributed by atoms with Crippen LogP contribution in [0.15, 0.2) is 72.0 Å². The molecule has 0 bridgehead atoms. The van der Waals surface area contributed by atoms with Gasteiger partial charge in [-0.2, -0.15) is 0 Å². The van der Waals surface area contributed by atoms with Crippen molar-refractivity contribution in [2.75, 3.05) is 0 Å². The molecular weight excluding hydrogens is 238 g/mol. The number of hydrogen-bond donors (Lipinski definition) is 0. The van der Waals surface area contributed by atoms with E-state index in [0.717, 1.165) is 16.9 Å². The van der Waals surface area contributed by atoms with Crippen molar-refractivity contribution in [2.24, 2.45) is 0 Å². The Morgan fingerprint density at radius 1 is 0.842 bits per heavy atom. The molecule has 0 amide bonds. The lowest BCUT2D eigenvalue weighted by molar-refractivity contribution is 0.992. The Balaban J connectivity index is 2.28. The van der Waals surface area contributed by atoms with Gasteiger partial charge in [-0.3, -0.25) is 19.3 Å². The van der Waals surface area contributed by atoms with E-state index in [9.17, 15) is 4.79 Å². The van der Waals surface area contributed by atoms with E-state index in [2.05, 4.69) is 9.97 Å². The second-order valence-corrected chi connectivity index (χ2v) is 4.03. The van der Waals surface area contributed by atoms with Crippen LogP contribution >= 0.6 is 0 Å². The molecule has 3 heterocycles. The van der Waals surface area contributed by atoms with Crippen LogP contribution in [0.5, 0.6) is 0 Å². The van der Waals surface area contributed by atoms with Crippen molar-refractivity contribution in [3.8, 4) is 16.9 Å². The van der Waals surface area contributed by atoms with Gasteiger partial charge in [0.25, 0.3) is 5.56 Å². The zero-order chi connectivity index (χ0) is 13.1. The van der Waals surface area contributed by atoms with Crippen molar-refractivity contribution in [3.05, 3.63) is 77.6 Å². The van der Waals surface area contributed by atoms with Crippen molar-refractivity contribution in [1.82, 2.24) is 14.5 Å².